The molecule has 0 aliphatic heterocycles. The normalized spacial score (nSPS) is 10.8. The van der Waals surface area contributed by atoms with E-state index < -0.39 is 5.82 Å². The van der Waals surface area contributed by atoms with Crippen molar-refractivity contribution < 1.29 is 4.39 Å². The number of hydrogen-bond acceptors (Lipinski definition) is 3. The summed E-state index contributed by atoms with van der Waals surface area (Å²) in [5, 5.41) is 9.03. The van der Waals surface area contributed by atoms with Crippen LogP contribution >= 0.6 is 11.6 Å². The number of nitriles is 1. The fourth-order valence-electron chi connectivity index (χ4n) is 2.26. The molecule has 0 fully saturated rings. The molecule has 1 heterocycles. The highest BCUT2D eigenvalue weighted by atomic mass is 35.5. The molecule has 2 aromatic carbocycles. The number of benzene rings is 2. The predicted octanol–water partition coefficient (Wildman–Crippen LogP) is 3.58. The minimum absolute atomic E-state index is 0.00209. The lowest BCUT2D eigenvalue weighted by molar-refractivity contribution is 0.630. The number of imidazole rings is 1. The van der Waals surface area contributed by atoms with Gasteiger partial charge in [-0.25, -0.2) is 9.37 Å². The molecule has 104 valence electrons. The predicted molar refractivity (Wildman–Crippen MR) is 79.9 cm³/mol. The molecule has 0 saturated heterocycles. The Morgan fingerprint density at radius 1 is 1.33 bits per heavy atom. The second-order valence-electron chi connectivity index (χ2n) is 4.67. The molecule has 0 spiro atoms. The molecule has 6 heteroatoms. The Kier molecular flexibility index (Phi) is 3.04. The van der Waals surface area contributed by atoms with Crippen molar-refractivity contribution in [3.8, 4) is 11.8 Å². The first-order chi connectivity index (χ1) is 10.0. The van der Waals surface area contributed by atoms with Crippen LogP contribution in [0, 0.1) is 24.1 Å². The van der Waals surface area contributed by atoms with Gasteiger partial charge >= 0.3 is 0 Å². The number of nitrogens with zero attached hydrogens (tertiary/aromatic N) is 3. The molecule has 0 aliphatic rings. The highest BCUT2D eigenvalue weighted by molar-refractivity contribution is 6.31. The van der Waals surface area contributed by atoms with E-state index in [1.807, 2.05) is 13.0 Å². The van der Waals surface area contributed by atoms with Crippen molar-refractivity contribution in [1.82, 2.24) is 9.55 Å². The van der Waals surface area contributed by atoms with Gasteiger partial charge in [-0.2, -0.15) is 5.26 Å². The van der Waals surface area contributed by atoms with E-state index in [9.17, 15) is 4.39 Å². The van der Waals surface area contributed by atoms with Crippen molar-refractivity contribution in [2.45, 2.75) is 6.92 Å². The average Bonchev–Trinajstić information content (AvgIpc) is 2.75. The van der Waals surface area contributed by atoms with Crippen LogP contribution in [0.1, 0.15) is 11.1 Å². The van der Waals surface area contributed by atoms with Gasteiger partial charge in [-0.1, -0.05) is 17.7 Å². The first-order valence-corrected chi connectivity index (χ1v) is 6.53. The molecule has 4 nitrogen and oxygen atoms in total. The molecule has 1 aromatic heterocycles. The zero-order chi connectivity index (χ0) is 15.1. The van der Waals surface area contributed by atoms with E-state index >= 15 is 0 Å². The van der Waals surface area contributed by atoms with Gasteiger partial charge in [0.2, 0.25) is 5.95 Å². The van der Waals surface area contributed by atoms with Crippen LogP contribution in [0.5, 0.6) is 0 Å². The first-order valence-electron chi connectivity index (χ1n) is 6.15. The Balaban J connectivity index is 2.38. The molecule has 0 bridgehead atoms. The van der Waals surface area contributed by atoms with E-state index in [2.05, 4.69) is 11.1 Å². The standard InChI is InChI=1S/C15H10ClFN4/c1-8-2-3-9(7-18)4-13(8)21-14-5-10(16)11(17)6-12(14)20-15(21)19/h2-6H,1H3,(H2,19,20). The Morgan fingerprint density at radius 3 is 2.81 bits per heavy atom. The summed E-state index contributed by atoms with van der Waals surface area (Å²) in [4.78, 5) is 4.15. The largest absolute Gasteiger partial charge is 0.369 e. The fraction of sp³-hybridized carbons (Fsp3) is 0.0667. The van der Waals surface area contributed by atoms with Crippen molar-refractivity contribution in [3.05, 3.63) is 52.3 Å². The van der Waals surface area contributed by atoms with Crippen molar-refractivity contribution in [2.24, 2.45) is 0 Å². The highest BCUT2D eigenvalue weighted by Crippen LogP contribution is 2.29. The zero-order valence-corrected chi connectivity index (χ0v) is 11.8. The van der Waals surface area contributed by atoms with Crippen LogP contribution in [0.25, 0.3) is 16.7 Å². The number of hydrogen-bond donors (Lipinski definition) is 1. The summed E-state index contributed by atoms with van der Waals surface area (Å²) < 4.78 is 15.2. The third kappa shape index (κ3) is 2.10. The van der Waals surface area contributed by atoms with E-state index in [1.165, 1.54) is 12.1 Å². The maximum atomic E-state index is 13.5. The minimum atomic E-state index is -0.545. The number of fused-ring (bicyclic) bond motifs is 1. The third-order valence-electron chi connectivity index (χ3n) is 3.30. The van der Waals surface area contributed by atoms with Gasteiger partial charge in [-0.15, -0.1) is 0 Å². The van der Waals surface area contributed by atoms with Crippen LogP contribution in [0.3, 0.4) is 0 Å². The number of rotatable bonds is 1. The van der Waals surface area contributed by atoms with Gasteiger partial charge in [0, 0.05) is 6.07 Å². The minimum Gasteiger partial charge on any atom is -0.369 e. The topological polar surface area (TPSA) is 67.6 Å². The molecule has 2 N–H and O–H groups in total. The van der Waals surface area contributed by atoms with Crippen molar-refractivity contribution >= 4 is 28.6 Å². The van der Waals surface area contributed by atoms with Gasteiger partial charge in [0.05, 0.1) is 33.4 Å². The lowest BCUT2D eigenvalue weighted by atomic mass is 10.1. The molecule has 21 heavy (non-hydrogen) atoms. The second kappa shape index (κ2) is 4.76. The molecule has 0 saturated carbocycles. The van der Waals surface area contributed by atoms with Gasteiger partial charge in [0.1, 0.15) is 5.82 Å². The molecular formula is C15H10ClFN4. The Morgan fingerprint density at radius 2 is 2.10 bits per heavy atom. The molecule has 0 amide bonds. The van der Waals surface area contributed by atoms with E-state index in [-0.39, 0.29) is 11.0 Å². The van der Waals surface area contributed by atoms with Crippen LogP contribution in [-0.4, -0.2) is 9.55 Å². The maximum absolute atomic E-state index is 13.5. The second-order valence-corrected chi connectivity index (χ2v) is 5.08. The van der Waals surface area contributed by atoms with Gasteiger partial charge in [0.15, 0.2) is 0 Å². The summed E-state index contributed by atoms with van der Waals surface area (Å²) in [5.41, 5.74) is 9.10. The lowest BCUT2D eigenvalue weighted by Crippen LogP contribution is -2.03. The molecule has 0 aliphatic carbocycles. The fourth-order valence-corrected chi connectivity index (χ4v) is 2.42. The summed E-state index contributed by atoms with van der Waals surface area (Å²) in [6, 6.07) is 10.1. The van der Waals surface area contributed by atoms with Gasteiger partial charge in [-0.3, -0.25) is 4.57 Å². The smallest absolute Gasteiger partial charge is 0.205 e. The molecular weight excluding hydrogens is 291 g/mol. The summed E-state index contributed by atoms with van der Waals surface area (Å²) in [5.74, 6) is -0.332. The third-order valence-corrected chi connectivity index (χ3v) is 3.59. The maximum Gasteiger partial charge on any atom is 0.205 e. The average molecular weight is 301 g/mol. The quantitative estimate of drug-likeness (QED) is 0.747. The lowest BCUT2D eigenvalue weighted by Gasteiger charge is -2.10. The van der Waals surface area contributed by atoms with Crippen LogP contribution in [0.15, 0.2) is 30.3 Å². The Labute approximate surface area is 125 Å². The molecule has 0 radical (unpaired) electrons. The van der Waals surface area contributed by atoms with E-state index in [0.29, 0.717) is 16.6 Å². The highest BCUT2D eigenvalue weighted by Gasteiger charge is 2.15. The van der Waals surface area contributed by atoms with Crippen molar-refractivity contribution in [2.75, 3.05) is 5.73 Å². The SMILES string of the molecule is Cc1ccc(C#N)cc1-n1c(N)nc2cc(F)c(Cl)cc21. The summed E-state index contributed by atoms with van der Waals surface area (Å²) in [6.45, 7) is 1.90. The monoisotopic (exact) mass is 300 g/mol. The van der Waals surface area contributed by atoms with E-state index in [1.54, 1.807) is 16.7 Å². The van der Waals surface area contributed by atoms with Gasteiger partial charge < -0.3 is 5.73 Å². The number of aryl methyl sites for hydroxylation is 1. The van der Waals surface area contributed by atoms with Crippen LogP contribution in [-0.2, 0) is 0 Å². The first kappa shape index (κ1) is 13.4. The van der Waals surface area contributed by atoms with Crippen molar-refractivity contribution in [1.29, 1.82) is 5.26 Å². The van der Waals surface area contributed by atoms with Gasteiger partial charge in [-0.05, 0) is 30.7 Å². The number of anilines is 1. The van der Waals surface area contributed by atoms with Crippen molar-refractivity contribution in [3.63, 3.8) is 0 Å². The van der Waals surface area contributed by atoms with E-state index in [4.69, 9.17) is 22.6 Å². The summed E-state index contributed by atoms with van der Waals surface area (Å²) >= 11 is 5.85. The van der Waals surface area contributed by atoms with Gasteiger partial charge in [0.25, 0.3) is 0 Å². The number of halogens is 2. The number of nitrogen functional groups attached to an aromatic ring is 1. The van der Waals surface area contributed by atoms with Crippen LogP contribution in [0.2, 0.25) is 5.02 Å². The van der Waals surface area contributed by atoms with Crippen LogP contribution < -0.4 is 5.73 Å². The molecule has 0 unspecified atom stereocenters. The Hall–Kier alpha value is -2.58. The zero-order valence-electron chi connectivity index (χ0n) is 11.1. The molecule has 3 rings (SSSR count). The Bertz CT molecular complexity index is 908. The molecule has 3 aromatic rings. The number of aromatic nitrogens is 2. The van der Waals surface area contributed by atoms with Crippen LogP contribution in [0.4, 0.5) is 10.3 Å². The summed E-state index contributed by atoms with van der Waals surface area (Å²) in [6.07, 6.45) is 0. The molecule has 0 atom stereocenters. The van der Waals surface area contributed by atoms with E-state index in [0.717, 1.165) is 11.3 Å². The number of nitrogens with two attached hydrogens (primary N) is 1. The summed E-state index contributed by atoms with van der Waals surface area (Å²) in [7, 11) is 0.